The Balaban J connectivity index is 1.63. The molecule has 1 amide bonds. The van der Waals surface area contributed by atoms with Crippen LogP contribution in [0.25, 0.3) is 32.9 Å². The van der Waals surface area contributed by atoms with Crippen LogP contribution >= 0.6 is 0 Å². The van der Waals surface area contributed by atoms with Crippen LogP contribution in [0.2, 0.25) is 0 Å². The first-order chi connectivity index (χ1) is 16.2. The predicted molar refractivity (Wildman–Crippen MR) is 135 cm³/mol. The minimum absolute atomic E-state index is 0.151. The molecule has 1 aromatic heterocycles. The van der Waals surface area contributed by atoms with Crippen molar-refractivity contribution < 1.29 is 9.53 Å². The molecule has 4 aromatic carbocycles. The average molecular weight is 433 g/mol. The number of benzene rings is 4. The Morgan fingerprint density at radius 1 is 0.879 bits per heavy atom. The highest BCUT2D eigenvalue weighted by molar-refractivity contribution is 6.15. The number of methoxy groups -OCH3 is 1. The molecule has 0 saturated carbocycles. The molecule has 0 unspecified atom stereocenters. The first-order valence-electron chi connectivity index (χ1n) is 11.0. The molecule has 1 N–H and O–H groups in total. The van der Waals surface area contributed by atoms with Gasteiger partial charge in [-0.05, 0) is 65.9 Å². The van der Waals surface area contributed by atoms with Crippen LogP contribution in [-0.2, 0) is 6.42 Å². The lowest BCUT2D eigenvalue weighted by atomic mass is 10.0. The van der Waals surface area contributed by atoms with Crippen LogP contribution in [0.1, 0.15) is 22.8 Å². The van der Waals surface area contributed by atoms with Gasteiger partial charge in [0.1, 0.15) is 5.75 Å². The largest absolute Gasteiger partial charge is 0.497 e. The molecule has 4 heteroatoms. The first-order valence-corrected chi connectivity index (χ1v) is 11.0. The van der Waals surface area contributed by atoms with Crippen LogP contribution < -0.4 is 10.1 Å². The Bertz CT molecular complexity index is 1470. The summed E-state index contributed by atoms with van der Waals surface area (Å²) in [6, 6.07) is 29.7. The topological polar surface area (TPSA) is 51.2 Å². The summed E-state index contributed by atoms with van der Waals surface area (Å²) in [5.41, 5.74) is 5.04. The molecule has 5 aromatic rings. The van der Waals surface area contributed by atoms with Gasteiger partial charge >= 0.3 is 0 Å². The number of aryl methyl sites for hydroxylation is 1. The second-order valence-electron chi connectivity index (χ2n) is 7.97. The lowest BCUT2D eigenvalue weighted by Gasteiger charge is -2.13. The zero-order chi connectivity index (χ0) is 22.8. The number of nitrogens with one attached hydrogen (secondary N) is 1. The average Bonchev–Trinajstić information content (AvgIpc) is 2.88. The van der Waals surface area contributed by atoms with Crippen molar-refractivity contribution in [3.05, 3.63) is 102 Å². The zero-order valence-electron chi connectivity index (χ0n) is 18.6. The number of hydrogen-bond donors (Lipinski definition) is 1. The number of fused-ring (bicyclic) bond motifs is 2. The maximum Gasteiger partial charge on any atom is 0.256 e. The number of carbonyl (C=O) groups is 1. The normalized spacial score (nSPS) is 11.0. The number of amides is 1. The van der Waals surface area contributed by atoms with Crippen molar-refractivity contribution >= 4 is 33.3 Å². The number of rotatable bonds is 5. The molecule has 0 aliphatic heterocycles. The van der Waals surface area contributed by atoms with Crippen LogP contribution in [0.5, 0.6) is 5.75 Å². The Morgan fingerprint density at radius 3 is 2.45 bits per heavy atom. The molecule has 33 heavy (non-hydrogen) atoms. The zero-order valence-corrected chi connectivity index (χ0v) is 18.6. The number of carbonyl (C=O) groups excluding carboxylic acids is 1. The molecule has 0 aliphatic rings. The highest BCUT2D eigenvalue weighted by Crippen LogP contribution is 2.29. The summed E-state index contributed by atoms with van der Waals surface area (Å²) in [4.78, 5) is 18.5. The van der Waals surface area contributed by atoms with Crippen LogP contribution in [-0.4, -0.2) is 18.0 Å². The van der Waals surface area contributed by atoms with Crippen molar-refractivity contribution in [1.29, 1.82) is 0 Å². The van der Waals surface area contributed by atoms with Crippen LogP contribution in [0, 0.1) is 0 Å². The molecule has 1 heterocycles. The Morgan fingerprint density at radius 2 is 1.67 bits per heavy atom. The van der Waals surface area contributed by atoms with E-state index < -0.39 is 0 Å². The van der Waals surface area contributed by atoms with E-state index in [4.69, 9.17) is 9.72 Å². The lowest BCUT2D eigenvalue weighted by Crippen LogP contribution is -2.13. The Hall–Kier alpha value is -4.18. The monoisotopic (exact) mass is 432 g/mol. The smallest absolute Gasteiger partial charge is 0.256 e. The number of hydrogen-bond acceptors (Lipinski definition) is 3. The number of anilines is 1. The fourth-order valence-electron chi connectivity index (χ4n) is 4.11. The van der Waals surface area contributed by atoms with Gasteiger partial charge in [0.15, 0.2) is 0 Å². The first kappa shape index (κ1) is 20.7. The fraction of sp³-hybridized carbons (Fsp3) is 0.103. The van der Waals surface area contributed by atoms with Gasteiger partial charge in [0, 0.05) is 22.0 Å². The summed E-state index contributed by atoms with van der Waals surface area (Å²) in [5.74, 6) is 0.628. The van der Waals surface area contributed by atoms with Crippen LogP contribution in [0.4, 0.5) is 5.69 Å². The van der Waals surface area contributed by atoms with Gasteiger partial charge in [-0.15, -0.1) is 0 Å². The molecule has 5 rings (SSSR count). The van der Waals surface area contributed by atoms with E-state index in [1.807, 2.05) is 78.9 Å². The minimum atomic E-state index is -0.151. The van der Waals surface area contributed by atoms with Crippen molar-refractivity contribution in [2.45, 2.75) is 13.3 Å². The van der Waals surface area contributed by atoms with Crippen LogP contribution in [0.15, 0.2) is 91.0 Å². The third-order valence-electron chi connectivity index (χ3n) is 5.95. The maximum atomic E-state index is 13.6. The summed E-state index contributed by atoms with van der Waals surface area (Å²) in [7, 11) is 1.64. The lowest BCUT2D eigenvalue weighted by molar-refractivity contribution is 0.102. The van der Waals surface area contributed by atoms with E-state index in [9.17, 15) is 4.79 Å². The van der Waals surface area contributed by atoms with E-state index in [0.717, 1.165) is 50.8 Å². The molecule has 0 bridgehead atoms. The quantitative estimate of drug-likeness (QED) is 0.329. The molecule has 0 radical (unpaired) electrons. The molecule has 0 spiro atoms. The van der Waals surface area contributed by atoms with Gasteiger partial charge in [0.2, 0.25) is 0 Å². The van der Waals surface area contributed by atoms with E-state index in [-0.39, 0.29) is 5.91 Å². The highest BCUT2D eigenvalue weighted by Gasteiger charge is 2.16. The molecular formula is C29H24N2O2. The van der Waals surface area contributed by atoms with E-state index in [0.29, 0.717) is 5.56 Å². The summed E-state index contributed by atoms with van der Waals surface area (Å²) >= 11 is 0. The number of aromatic nitrogens is 1. The molecule has 0 saturated heterocycles. The summed E-state index contributed by atoms with van der Waals surface area (Å²) in [6.07, 6.45) is 0.889. The van der Waals surface area contributed by atoms with Crippen molar-refractivity contribution in [2.24, 2.45) is 0 Å². The van der Waals surface area contributed by atoms with Gasteiger partial charge in [-0.1, -0.05) is 49.4 Å². The third-order valence-corrected chi connectivity index (χ3v) is 5.95. The van der Waals surface area contributed by atoms with Crippen LogP contribution in [0.3, 0.4) is 0 Å². The summed E-state index contributed by atoms with van der Waals surface area (Å²) in [5, 5.41) is 6.09. The van der Waals surface area contributed by atoms with Crippen molar-refractivity contribution in [3.63, 3.8) is 0 Å². The van der Waals surface area contributed by atoms with Gasteiger partial charge in [-0.3, -0.25) is 4.79 Å². The minimum Gasteiger partial charge on any atom is -0.497 e. The number of nitrogens with zero attached hydrogens (tertiary/aromatic N) is 1. The van der Waals surface area contributed by atoms with Crippen molar-refractivity contribution in [3.8, 4) is 17.0 Å². The molecule has 0 fully saturated rings. The summed E-state index contributed by atoms with van der Waals surface area (Å²) < 4.78 is 5.28. The number of pyridine rings is 1. The molecular weight excluding hydrogens is 408 g/mol. The molecule has 0 aliphatic carbocycles. The van der Waals surface area contributed by atoms with Crippen molar-refractivity contribution in [1.82, 2.24) is 4.98 Å². The standard InChI is InChI=1S/C29H24N2O2/c1-3-19-11-16-27-24(17-19)25(18-28(30-27)21-12-14-22(33-2)15-13-21)29(32)31-26-10-6-8-20-7-4-5-9-23(20)26/h4-18H,3H2,1-2H3,(H,31,32). The van der Waals surface area contributed by atoms with Gasteiger partial charge in [0.25, 0.3) is 5.91 Å². The molecule has 0 atom stereocenters. The number of ether oxygens (including phenoxy) is 1. The third kappa shape index (κ3) is 4.03. The summed E-state index contributed by atoms with van der Waals surface area (Å²) in [6.45, 7) is 2.11. The molecule has 4 nitrogen and oxygen atoms in total. The second-order valence-corrected chi connectivity index (χ2v) is 7.97. The Labute approximate surface area is 192 Å². The Kier molecular flexibility index (Phi) is 5.49. The van der Waals surface area contributed by atoms with Gasteiger partial charge in [-0.25, -0.2) is 4.98 Å². The van der Waals surface area contributed by atoms with Gasteiger partial charge < -0.3 is 10.1 Å². The van der Waals surface area contributed by atoms with E-state index in [1.165, 1.54) is 5.56 Å². The fourth-order valence-corrected chi connectivity index (χ4v) is 4.11. The second kappa shape index (κ2) is 8.75. The SMILES string of the molecule is CCc1ccc2nc(-c3ccc(OC)cc3)cc(C(=O)Nc3cccc4ccccc34)c2c1. The maximum absolute atomic E-state index is 13.6. The van der Waals surface area contributed by atoms with E-state index >= 15 is 0 Å². The van der Waals surface area contributed by atoms with E-state index in [1.54, 1.807) is 7.11 Å². The van der Waals surface area contributed by atoms with Crippen molar-refractivity contribution in [2.75, 3.05) is 12.4 Å². The van der Waals surface area contributed by atoms with Gasteiger partial charge in [0.05, 0.1) is 23.9 Å². The van der Waals surface area contributed by atoms with Gasteiger partial charge in [-0.2, -0.15) is 0 Å². The van der Waals surface area contributed by atoms with E-state index in [2.05, 4.69) is 24.4 Å². The highest BCUT2D eigenvalue weighted by atomic mass is 16.5. The predicted octanol–water partition coefficient (Wildman–Crippen LogP) is 6.88. The molecule has 162 valence electrons.